The molecule has 0 fully saturated rings. The first-order chi connectivity index (χ1) is 15.0. The van der Waals surface area contributed by atoms with Gasteiger partial charge in [0.25, 0.3) is 0 Å². The van der Waals surface area contributed by atoms with E-state index >= 15 is 0 Å². The van der Waals surface area contributed by atoms with Gasteiger partial charge in [0.2, 0.25) is 0 Å². The minimum atomic E-state index is -1.75. The van der Waals surface area contributed by atoms with Gasteiger partial charge in [-0.05, 0) is 46.2 Å². The van der Waals surface area contributed by atoms with Crippen molar-refractivity contribution in [1.82, 2.24) is 5.32 Å². The molecule has 1 aliphatic rings. The molecule has 158 valence electrons. The van der Waals surface area contributed by atoms with Gasteiger partial charge in [0.05, 0.1) is 6.04 Å². The summed E-state index contributed by atoms with van der Waals surface area (Å²) in [5.74, 6) is -1.40. The molecule has 6 nitrogen and oxygen atoms in total. The Morgan fingerprint density at radius 3 is 2.42 bits per heavy atom. The second kappa shape index (κ2) is 9.02. The number of alkyl carbamates (subject to hydrolysis) is 1. The molecule has 1 amide bonds. The third-order valence-electron chi connectivity index (χ3n) is 5.54. The molecule has 3 aromatic rings. The smallest absolute Gasteiger partial charge is 0.407 e. The number of hydrogen-bond donors (Lipinski definition) is 3. The van der Waals surface area contributed by atoms with Crippen molar-refractivity contribution in [2.45, 2.75) is 31.6 Å². The van der Waals surface area contributed by atoms with Crippen molar-refractivity contribution in [3.63, 3.8) is 0 Å². The predicted molar refractivity (Wildman–Crippen MR) is 116 cm³/mol. The fourth-order valence-corrected chi connectivity index (χ4v) is 3.98. The van der Waals surface area contributed by atoms with E-state index in [1.807, 2.05) is 42.5 Å². The van der Waals surface area contributed by atoms with Crippen LogP contribution in [0.2, 0.25) is 0 Å². The molecule has 2 unspecified atom stereocenters. The van der Waals surface area contributed by atoms with Gasteiger partial charge >= 0.3 is 12.1 Å². The lowest BCUT2D eigenvalue weighted by Crippen LogP contribution is -2.48. The Hall–Kier alpha value is -3.64. The number of hydrogen-bond acceptors (Lipinski definition) is 4. The molecule has 0 bridgehead atoms. The first kappa shape index (κ1) is 20.6. The molecular formula is C25H23NO5. The second-order valence-corrected chi connectivity index (χ2v) is 7.58. The molecule has 0 aromatic heterocycles. The lowest BCUT2D eigenvalue weighted by Gasteiger charge is -2.21. The number of carboxylic acid groups (broad SMARTS) is 1. The van der Waals surface area contributed by atoms with E-state index in [1.54, 1.807) is 12.1 Å². The van der Waals surface area contributed by atoms with Gasteiger partial charge in [0.1, 0.15) is 6.61 Å². The summed E-state index contributed by atoms with van der Waals surface area (Å²) in [4.78, 5) is 23.7. The standard InChI is InChI=1S/C25H23NO5/c27-23(24(28)29)22(13-16-7-2-1-3-8-16)26-25(30)31-15-18-10-6-12-20-19-11-5-4-9-17(19)14-21(18)20/h1-12,22-23,27H,13-15H2,(H,26,30)(H,28,29). The van der Waals surface area contributed by atoms with Crippen molar-refractivity contribution >= 4 is 12.1 Å². The molecule has 1 aliphatic carbocycles. The number of amides is 1. The van der Waals surface area contributed by atoms with Gasteiger partial charge in [0, 0.05) is 0 Å². The van der Waals surface area contributed by atoms with E-state index in [4.69, 9.17) is 4.74 Å². The zero-order valence-corrected chi connectivity index (χ0v) is 16.8. The van der Waals surface area contributed by atoms with Crippen molar-refractivity contribution in [3.05, 3.63) is 95.1 Å². The molecule has 4 rings (SSSR count). The molecule has 0 spiro atoms. The fourth-order valence-electron chi connectivity index (χ4n) is 3.98. The molecule has 6 heteroatoms. The van der Waals surface area contributed by atoms with E-state index in [2.05, 4.69) is 23.5 Å². The molecular weight excluding hydrogens is 394 g/mol. The molecule has 0 saturated heterocycles. The summed E-state index contributed by atoms with van der Waals surface area (Å²) in [5, 5.41) is 21.7. The van der Waals surface area contributed by atoms with Crippen LogP contribution in [0.5, 0.6) is 0 Å². The second-order valence-electron chi connectivity index (χ2n) is 7.58. The first-order valence-corrected chi connectivity index (χ1v) is 10.1. The van der Waals surface area contributed by atoms with Crippen LogP contribution in [0, 0.1) is 0 Å². The molecule has 0 radical (unpaired) electrons. The summed E-state index contributed by atoms with van der Waals surface area (Å²) in [6.45, 7) is 0.0597. The number of carbonyl (C=O) groups excluding carboxylic acids is 1. The van der Waals surface area contributed by atoms with Gasteiger partial charge < -0.3 is 20.3 Å². The predicted octanol–water partition coefficient (Wildman–Crippen LogP) is 3.54. The first-order valence-electron chi connectivity index (χ1n) is 10.1. The SMILES string of the molecule is O=C(NC(Cc1ccccc1)C(O)C(=O)O)OCc1cccc2c1Cc1ccccc1-2. The molecule has 0 aliphatic heterocycles. The van der Waals surface area contributed by atoms with Crippen molar-refractivity contribution in [2.75, 3.05) is 0 Å². The van der Waals surface area contributed by atoms with Gasteiger partial charge in [-0.2, -0.15) is 0 Å². The van der Waals surface area contributed by atoms with Crippen molar-refractivity contribution in [3.8, 4) is 11.1 Å². The van der Waals surface area contributed by atoms with E-state index in [0.29, 0.717) is 0 Å². The molecule has 0 heterocycles. The Morgan fingerprint density at radius 2 is 1.65 bits per heavy atom. The number of fused-ring (bicyclic) bond motifs is 3. The monoisotopic (exact) mass is 417 g/mol. The van der Waals surface area contributed by atoms with E-state index < -0.39 is 24.2 Å². The Labute approximate surface area is 180 Å². The van der Waals surface area contributed by atoms with Crippen LogP contribution < -0.4 is 5.32 Å². The van der Waals surface area contributed by atoms with E-state index in [-0.39, 0.29) is 13.0 Å². The van der Waals surface area contributed by atoms with Crippen LogP contribution in [0.4, 0.5) is 4.79 Å². The molecule has 31 heavy (non-hydrogen) atoms. The Bertz CT molecular complexity index is 1100. The molecule has 2 atom stereocenters. The molecule has 3 N–H and O–H groups in total. The summed E-state index contributed by atoms with van der Waals surface area (Å²) >= 11 is 0. The molecule has 3 aromatic carbocycles. The maximum atomic E-state index is 12.4. The normalized spacial score (nSPS) is 13.6. The fraction of sp³-hybridized carbons (Fsp3) is 0.200. The van der Waals surface area contributed by atoms with E-state index in [1.165, 1.54) is 11.1 Å². The van der Waals surface area contributed by atoms with Crippen LogP contribution in [0.15, 0.2) is 72.8 Å². The van der Waals surface area contributed by atoms with Crippen molar-refractivity contribution in [1.29, 1.82) is 0 Å². The maximum absolute atomic E-state index is 12.4. The summed E-state index contributed by atoms with van der Waals surface area (Å²) in [6.07, 6.45) is -1.57. The van der Waals surface area contributed by atoms with Gasteiger partial charge in [-0.25, -0.2) is 9.59 Å². The number of aliphatic hydroxyl groups excluding tert-OH is 1. The third kappa shape index (κ3) is 4.59. The topological polar surface area (TPSA) is 95.9 Å². The average molecular weight is 417 g/mol. The van der Waals surface area contributed by atoms with Gasteiger partial charge in [0.15, 0.2) is 6.10 Å². The number of benzene rings is 3. The summed E-state index contributed by atoms with van der Waals surface area (Å²) < 4.78 is 5.40. The highest BCUT2D eigenvalue weighted by atomic mass is 16.5. The highest BCUT2D eigenvalue weighted by Crippen LogP contribution is 2.38. The largest absolute Gasteiger partial charge is 0.479 e. The van der Waals surface area contributed by atoms with Crippen molar-refractivity contribution in [2.24, 2.45) is 0 Å². The maximum Gasteiger partial charge on any atom is 0.407 e. The summed E-state index contributed by atoms with van der Waals surface area (Å²) in [7, 11) is 0. The number of ether oxygens (including phenoxy) is 1. The number of carboxylic acids is 1. The van der Waals surface area contributed by atoms with Crippen LogP contribution in [-0.2, 0) is 29.0 Å². The zero-order chi connectivity index (χ0) is 21.8. The molecule has 0 saturated carbocycles. The van der Waals surface area contributed by atoms with Gasteiger partial charge in [-0.3, -0.25) is 0 Å². The highest BCUT2D eigenvalue weighted by molar-refractivity contribution is 5.78. The van der Waals surface area contributed by atoms with Gasteiger partial charge in [-0.15, -0.1) is 0 Å². The quantitative estimate of drug-likeness (QED) is 0.427. The lowest BCUT2D eigenvalue weighted by atomic mass is 10.0. The Kier molecular flexibility index (Phi) is 6.00. The highest BCUT2D eigenvalue weighted by Gasteiger charge is 2.28. The van der Waals surface area contributed by atoms with E-state index in [9.17, 15) is 19.8 Å². The van der Waals surface area contributed by atoms with Crippen LogP contribution in [0.3, 0.4) is 0 Å². The Morgan fingerprint density at radius 1 is 0.935 bits per heavy atom. The number of aliphatic hydroxyl groups is 1. The summed E-state index contributed by atoms with van der Waals surface area (Å²) in [5.41, 5.74) is 6.40. The lowest BCUT2D eigenvalue weighted by molar-refractivity contribution is -0.148. The average Bonchev–Trinajstić information content (AvgIpc) is 3.17. The minimum Gasteiger partial charge on any atom is -0.479 e. The van der Waals surface area contributed by atoms with Crippen LogP contribution in [0.25, 0.3) is 11.1 Å². The Balaban J connectivity index is 1.43. The number of aliphatic carboxylic acids is 1. The van der Waals surface area contributed by atoms with Gasteiger partial charge in [-0.1, -0.05) is 72.8 Å². The van der Waals surface area contributed by atoms with Crippen LogP contribution >= 0.6 is 0 Å². The third-order valence-corrected chi connectivity index (χ3v) is 5.54. The van der Waals surface area contributed by atoms with E-state index in [0.717, 1.165) is 28.7 Å². The number of carbonyl (C=O) groups is 2. The number of rotatable bonds is 7. The van der Waals surface area contributed by atoms with Crippen LogP contribution in [-0.4, -0.2) is 34.4 Å². The summed E-state index contributed by atoms with van der Waals surface area (Å²) in [6, 6.07) is 22.2. The number of nitrogens with one attached hydrogen (secondary N) is 1. The zero-order valence-electron chi connectivity index (χ0n) is 16.8. The minimum absolute atomic E-state index is 0.0597. The van der Waals surface area contributed by atoms with Crippen molar-refractivity contribution < 1.29 is 24.5 Å². The van der Waals surface area contributed by atoms with Crippen LogP contribution in [0.1, 0.15) is 22.3 Å².